The summed E-state index contributed by atoms with van der Waals surface area (Å²) in [6, 6.07) is 5.53. The number of aromatic nitrogens is 2. The minimum Gasteiger partial charge on any atom is -0.504 e. The Morgan fingerprint density at radius 2 is 2.18 bits per heavy atom. The first kappa shape index (κ1) is 18.7. The van der Waals surface area contributed by atoms with Crippen LogP contribution in [0.2, 0.25) is 0 Å². The number of hydrogen-bond acceptors (Lipinski definition) is 6. The number of aliphatic imine (C=N–C) groups is 1. The van der Waals surface area contributed by atoms with Crippen LogP contribution in [-0.4, -0.2) is 45.4 Å². The lowest BCUT2D eigenvalue weighted by molar-refractivity contribution is 0.236. The van der Waals surface area contributed by atoms with Gasteiger partial charge in [-0.15, -0.1) is 0 Å². The maximum absolute atomic E-state index is 12.7. The first-order valence-corrected chi connectivity index (χ1v) is 9.97. The van der Waals surface area contributed by atoms with E-state index in [0.717, 1.165) is 49.3 Å². The molecule has 0 fully saturated rings. The number of phenolic OH excluding ortho intramolecular Hbond substituents is 1. The van der Waals surface area contributed by atoms with E-state index >= 15 is 0 Å². The Balaban J connectivity index is 1.53. The van der Waals surface area contributed by atoms with E-state index in [9.17, 15) is 9.90 Å². The molecule has 148 valence electrons. The van der Waals surface area contributed by atoms with Gasteiger partial charge < -0.3 is 14.8 Å². The van der Waals surface area contributed by atoms with Crippen LogP contribution in [0.3, 0.4) is 0 Å². The van der Waals surface area contributed by atoms with E-state index in [4.69, 9.17) is 9.72 Å². The van der Waals surface area contributed by atoms with Gasteiger partial charge in [-0.25, -0.2) is 4.98 Å². The fourth-order valence-electron chi connectivity index (χ4n) is 3.85. The number of phenols is 1. The Hall–Kier alpha value is -2.67. The van der Waals surface area contributed by atoms with Gasteiger partial charge in [-0.1, -0.05) is 12.1 Å². The van der Waals surface area contributed by atoms with Gasteiger partial charge >= 0.3 is 0 Å². The molecule has 0 saturated carbocycles. The van der Waals surface area contributed by atoms with Crippen LogP contribution in [0, 0.1) is 0 Å². The predicted molar refractivity (Wildman–Crippen MR) is 107 cm³/mol. The number of para-hydroxylation sites is 1. The van der Waals surface area contributed by atoms with E-state index in [1.807, 2.05) is 19.1 Å². The van der Waals surface area contributed by atoms with Crippen LogP contribution < -0.4 is 10.3 Å². The lowest BCUT2D eigenvalue weighted by Crippen LogP contribution is -2.36. The van der Waals surface area contributed by atoms with Gasteiger partial charge in [-0.3, -0.25) is 14.7 Å². The highest BCUT2D eigenvalue weighted by Gasteiger charge is 2.23. The van der Waals surface area contributed by atoms with Crippen LogP contribution in [-0.2, 0) is 19.5 Å². The smallest absolute Gasteiger partial charge is 0.255 e. The van der Waals surface area contributed by atoms with Crippen LogP contribution in [0.25, 0.3) is 0 Å². The summed E-state index contributed by atoms with van der Waals surface area (Å²) in [6.45, 7) is 5.06. The maximum atomic E-state index is 12.7. The molecular weight excluding hydrogens is 356 g/mol. The molecule has 0 bridgehead atoms. The van der Waals surface area contributed by atoms with Crippen molar-refractivity contribution in [3.8, 4) is 11.5 Å². The molecule has 28 heavy (non-hydrogen) atoms. The molecule has 0 amide bonds. The topological polar surface area (TPSA) is 90.8 Å². The van der Waals surface area contributed by atoms with E-state index in [2.05, 4.69) is 14.9 Å². The van der Waals surface area contributed by atoms with Crippen molar-refractivity contribution in [2.24, 2.45) is 4.99 Å². The third kappa shape index (κ3) is 3.80. The number of aromatic hydroxyl groups is 1. The normalized spacial score (nSPS) is 17.1. The Labute approximate surface area is 164 Å². The summed E-state index contributed by atoms with van der Waals surface area (Å²) in [4.78, 5) is 27.0. The molecule has 2 aliphatic rings. The van der Waals surface area contributed by atoms with E-state index in [0.29, 0.717) is 43.3 Å². The summed E-state index contributed by atoms with van der Waals surface area (Å²) in [5, 5.41) is 10.4. The average Bonchev–Trinajstić information content (AvgIpc) is 2.72. The quantitative estimate of drug-likeness (QED) is 0.829. The Morgan fingerprint density at radius 3 is 2.96 bits per heavy atom. The van der Waals surface area contributed by atoms with Gasteiger partial charge in [-0.05, 0) is 32.3 Å². The molecule has 4 rings (SSSR count). The highest BCUT2D eigenvalue weighted by atomic mass is 16.5. The van der Waals surface area contributed by atoms with Gasteiger partial charge in [0.05, 0.1) is 23.6 Å². The molecule has 2 N–H and O–H groups in total. The monoisotopic (exact) mass is 382 g/mol. The summed E-state index contributed by atoms with van der Waals surface area (Å²) in [5.74, 6) is 1.31. The highest BCUT2D eigenvalue weighted by Crippen LogP contribution is 2.31. The Kier molecular flexibility index (Phi) is 5.43. The van der Waals surface area contributed by atoms with Crippen molar-refractivity contribution in [1.29, 1.82) is 0 Å². The summed E-state index contributed by atoms with van der Waals surface area (Å²) in [5.41, 5.74) is 3.23. The third-order valence-electron chi connectivity index (χ3n) is 5.32. The lowest BCUT2D eigenvalue weighted by atomic mass is 10.0. The number of nitrogens with one attached hydrogen (secondary N) is 1. The summed E-state index contributed by atoms with van der Waals surface area (Å²) < 4.78 is 5.47. The number of nitrogens with zero attached hydrogens (tertiary/aromatic N) is 3. The number of H-pyrrole nitrogens is 1. The molecule has 0 spiro atoms. The average molecular weight is 382 g/mol. The van der Waals surface area contributed by atoms with Gasteiger partial charge in [0.25, 0.3) is 5.56 Å². The number of fused-ring (bicyclic) bond motifs is 1. The van der Waals surface area contributed by atoms with Crippen LogP contribution in [0.15, 0.2) is 28.0 Å². The largest absolute Gasteiger partial charge is 0.504 e. The van der Waals surface area contributed by atoms with Crippen LogP contribution in [0.5, 0.6) is 11.5 Å². The molecule has 0 atom stereocenters. The van der Waals surface area contributed by atoms with Crippen molar-refractivity contribution in [2.75, 3.05) is 19.7 Å². The number of benzene rings is 1. The van der Waals surface area contributed by atoms with Crippen LogP contribution in [0.4, 0.5) is 0 Å². The molecule has 0 radical (unpaired) electrons. The SMILES string of the molecule is CCOc1cccc(CN2CCc3nc(C4=NCCCC4)[nH]c(=O)c3C2)c1O. The minimum absolute atomic E-state index is 0.0785. The van der Waals surface area contributed by atoms with Crippen molar-refractivity contribution < 1.29 is 9.84 Å². The van der Waals surface area contributed by atoms with Crippen molar-refractivity contribution in [3.63, 3.8) is 0 Å². The zero-order chi connectivity index (χ0) is 19.5. The summed E-state index contributed by atoms with van der Waals surface area (Å²) in [6.07, 6.45) is 3.79. The van der Waals surface area contributed by atoms with Gasteiger partial charge in [0.1, 0.15) is 0 Å². The Bertz CT molecular complexity index is 951. The summed E-state index contributed by atoms with van der Waals surface area (Å²) >= 11 is 0. The molecular formula is C21H26N4O3. The zero-order valence-electron chi connectivity index (χ0n) is 16.2. The van der Waals surface area contributed by atoms with Crippen LogP contribution >= 0.6 is 0 Å². The van der Waals surface area contributed by atoms with E-state index in [1.165, 1.54) is 0 Å². The molecule has 2 aliphatic heterocycles. The third-order valence-corrected chi connectivity index (χ3v) is 5.32. The highest BCUT2D eigenvalue weighted by molar-refractivity contribution is 5.97. The lowest BCUT2D eigenvalue weighted by Gasteiger charge is -2.28. The summed E-state index contributed by atoms with van der Waals surface area (Å²) in [7, 11) is 0. The number of aromatic amines is 1. The number of rotatable bonds is 5. The van der Waals surface area contributed by atoms with E-state index in [-0.39, 0.29) is 11.3 Å². The second-order valence-corrected chi connectivity index (χ2v) is 7.28. The molecule has 2 aromatic rings. The molecule has 0 unspecified atom stereocenters. The van der Waals surface area contributed by atoms with Gasteiger partial charge in [0, 0.05) is 38.2 Å². The van der Waals surface area contributed by atoms with Gasteiger partial charge in [-0.2, -0.15) is 0 Å². The molecule has 1 aromatic carbocycles. The standard InChI is InChI=1S/C21H26N4O3/c1-2-28-18-8-5-6-14(19(18)26)12-25-11-9-16-15(13-25)21(27)24-20(23-16)17-7-3-4-10-22-17/h5-6,8,26H,2-4,7,9-13H2,1H3,(H,23,24,27). The number of ether oxygens (including phenoxy) is 1. The second kappa shape index (κ2) is 8.14. The molecule has 7 heteroatoms. The van der Waals surface area contributed by atoms with Crippen molar-refractivity contribution >= 4 is 5.71 Å². The first-order valence-electron chi connectivity index (χ1n) is 9.97. The van der Waals surface area contributed by atoms with E-state index in [1.54, 1.807) is 6.07 Å². The van der Waals surface area contributed by atoms with Crippen molar-refractivity contribution in [3.05, 3.63) is 51.2 Å². The predicted octanol–water partition coefficient (Wildman–Crippen LogP) is 2.41. The van der Waals surface area contributed by atoms with Crippen LogP contribution in [0.1, 0.15) is 48.8 Å². The second-order valence-electron chi connectivity index (χ2n) is 7.28. The molecule has 1 aromatic heterocycles. The first-order chi connectivity index (χ1) is 13.7. The number of hydrogen-bond donors (Lipinski definition) is 2. The fourth-order valence-corrected chi connectivity index (χ4v) is 3.85. The van der Waals surface area contributed by atoms with Crippen molar-refractivity contribution in [2.45, 2.75) is 45.7 Å². The molecule has 7 nitrogen and oxygen atoms in total. The van der Waals surface area contributed by atoms with Gasteiger partial charge in [0.15, 0.2) is 17.3 Å². The Morgan fingerprint density at radius 1 is 1.29 bits per heavy atom. The molecule has 0 aliphatic carbocycles. The fraction of sp³-hybridized carbons (Fsp3) is 0.476. The van der Waals surface area contributed by atoms with Gasteiger partial charge in [0.2, 0.25) is 0 Å². The van der Waals surface area contributed by atoms with E-state index < -0.39 is 0 Å². The zero-order valence-corrected chi connectivity index (χ0v) is 16.2. The van der Waals surface area contributed by atoms with Crippen molar-refractivity contribution in [1.82, 2.24) is 14.9 Å². The maximum Gasteiger partial charge on any atom is 0.255 e. The molecule has 0 saturated heterocycles. The minimum atomic E-state index is -0.0785. The molecule has 3 heterocycles.